The van der Waals surface area contributed by atoms with E-state index in [0.29, 0.717) is 12.1 Å². The molecule has 0 aromatic carbocycles. The van der Waals surface area contributed by atoms with Gasteiger partial charge in [-0.25, -0.2) is 0 Å². The maximum Gasteiger partial charge on any atom is 0.254 e. The molecule has 0 radical (unpaired) electrons. The molecule has 4 heteroatoms. The van der Waals surface area contributed by atoms with Crippen LogP contribution in [0.5, 0.6) is 0 Å². The lowest BCUT2D eigenvalue weighted by Crippen LogP contribution is -2.32. The number of nitrogens with one attached hydrogen (secondary N) is 1. The third-order valence-electron chi connectivity index (χ3n) is 2.21. The fourth-order valence-electron chi connectivity index (χ4n) is 1.37. The molecule has 1 unspecified atom stereocenters. The van der Waals surface area contributed by atoms with Crippen LogP contribution in [0.2, 0.25) is 0 Å². The average molecular weight is 210 g/mol. The first-order valence-corrected chi connectivity index (χ1v) is 5.19. The number of amides is 1. The molecule has 0 aliphatic heterocycles. The topological polar surface area (TPSA) is 68.3 Å². The van der Waals surface area contributed by atoms with Crippen LogP contribution in [0.4, 0.5) is 0 Å². The third-order valence-corrected chi connectivity index (χ3v) is 2.21. The van der Waals surface area contributed by atoms with Gasteiger partial charge in [-0.05, 0) is 39.3 Å². The Bertz CT molecular complexity index is 320. The molecular formula is C11H18N2O2. The second-order valence-electron chi connectivity index (χ2n) is 3.75. The van der Waals surface area contributed by atoms with E-state index >= 15 is 0 Å². The quantitative estimate of drug-likeness (QED) is 0.772. The molecule has 1 aromatic heterocycles. The van der Waals surface area contributed by atoms with Gasteiger partial charge in [-0.2, -0.15) is 0 Å². The van der Waals surface area contributed by atoms with Crippen molar-refractivity contribution in [1.29, 1.82) is 0 Å². The van der Waals surface area contributed by atoms with Gasteiger partial charge >= 0.3 is 0 Å². The zero-order chi connectivity index (χ0) is 11.3. The minimum atomic E-state index is -0.0867. The monoisotopic (exact) mass is 210 g/mol. The molecule has 1 heterocycles. The molecule has 0 saturated heterocycles. The van der Waals surface area contributed by atoms with Crippen LogP contribution in [0.25, 0.3) is 0 Å². The summed E-state index contributed by atoms with van der Waals surface area (Å²) < 4.78 is 5.07. The minimum Gasteiger partial charge on any atom is -0.469 e. The molecule has 3 N–H and O–H groups in total. The van der Waals surface area contributed by atoms with E-state index in [1.54, 1.807) is 6.07 Å². The Kier molecular flexibility index (Phi) is 4.37. The van der Waals surface area contributed by atoms with Gasteiger partial charge in [0.25, 0.3) is 5.91 Å². The number of nitrogens with two attached hydrogens (primary N) is 1. The van der Waals surface area contributed by atoms with Gasteiger partial charge in [-0.3, -0.25) is 4.79 Å². The van der Waals surface area contributed by atoms with Crippen molar-refractivity contribution < 1.29 is 9.21 Å². The van der Waals surface area contributed by atoms with E-state index in [1.807, 2.05) is 13.8 Å². The molecule has 0 saturated carbocycles. The summed E-state index contributed by atoms with van der Waals surface area (Å²) in [4.78, 5) is 11.6. The number of furan rings is 1. The lowest BCUT2D eigenvalue weighted by Gasteiger charge is -2.11. The maximum atomic E-state index is 11.6. The summed E-state index contributed by atoms with van der Waals surface area (Å²) in [6.45, 7) is 4.44. The minimum absolute atomic E-state index is 0.0867. The molecule has 0 aliphatic carbocycles. The molecule has 0 bridgehead atoms. The highest BCUT2D eigenvalue weighted by Gasteiger charge is 2.11. The number of hydrogen-bond donors (Lipinski definition) is 2. The maximum absolute atomic E-state index is 11.6. The molecule has 1 amide bonds. The van der Waals surface area contributed by atoms with Crippen LogP contribution in [0.3, 0.4) is 0 Å². The van der Waals surface area contributed by atoms with Gasteiger partial charge in [0.15, 0.2) is 0 Å². The van der Waals surface area contributed by atoms with Crippen LogP contribution < -0.4 is 11.1 Å². The number of carbonyl (C=O) groups excluding carboxylic acids is 1. The largest absolute Gasteiger partial charge is 0.469 e. The fraction of sp³-hybridized carbons (Fsp3) is 0.545. The second kappa shape index (κ2) is 5.56. The third kappa shape index (κ3) is 3.75. The smallest absolute Gasteiger partial charge is 0.254 e. The zero-order valence-electron chi connectivity index (χ0n) is 9.25. The average Bonchev–Trinajstić information content (AvgIpc) is 2.61. The Morgan fingerprint density at radius 1 is 1.67 bits per heavy atom. The molecule has 84 valence electrons. The van der Waals surface area contributed by atoms with Crippen molar-refractivity contribution in [3.05, 3.63) is 23.7 Å². The number of hydrogen-bond acceptors (Lipinski definition) is 3. The van der Waals surface area contributed by atoms with Crippen molar-refractivity contribution in [2.45, 2.75) is 32.7 Å². The summed E-state index contributed by atoms with van der Waals surface area (Å²) in [5.74, 6) is 0.658. The van der Waals surface area contributed by atoms with Crippen LogP contribution in [-0.4, -0.2) is 18.5 Å². The Balaban J connectivity index is 2.42. The summed E-state index contributed by atoms with van der Waals surface area (Å²) >= 11 is 0. The number of rotatable bonds is 5. The first-order valence-electron chi connectivity index (χ1n) is 5.19. The molecule has 0 aliphatic rings. The van der Waals surface area contributed by atoms with Gasteiger partial charge in [0, 0.05) is 6.04 Å². The van der Waals surface area contributed by atoms with E-state index in [0.717, 1.165) is 18.6 Å². The highest BCUT2D eigenvalue weighted by Crippen LogP contribution is 2.06. The van der Waals surface area contributed by atoms with Gasteiger partial charge in [-0.15, -0.1) is 0 Å². The van der Waals surface area contributed by atoms with E-state index < -0.39 is 0 Å². The first kappa shape index (κ1) is 11.8. The van der Waals surface area contributed by atoms with Crippen molar-refractivity contribution >= 4 is 5.91 Å². The normalized spacial score (nSPS) is 12.5. The highest BCUT2D eigenvalue weighted by atomic mass is 16.3. The van der Waals surface area contributed by atoms with Crippen molar-refractivity contribution in [1.82, 2.24) is 5.32 Å². The lowest BCUT2D eigenvalue weighted by atomic mass is 10.1. The van der Waals surface area contributed by atoms with Gasteiger partial charge in [0.1, 0.15) is 12.0 Å². The van der Waals surface area contributed by atoms with Crippen molar-refractivity contribution in [2.75, 3.05) is 6.54 Å². The predicted octanol–water partition coefficient (Wildman–Crippen LogP) is 1.45. The molecular weight excluding hydrogens is 192 g/mol. The van der Waals surface area contributed by atoms with Gasteiger partial charge < -0.3 is 15.5 Å². The van der Waals surface area contributed by atoms with E-state index in [-0.39, 0.29) is 11.9 Å². The van der Waals surface area contributed by atoms with Crippen LogP contribution in [-0.2, 0) is 0 Å². The SMILES string of the molecule is Cc1cc(C(=O)NC(C)CCCN)co1. The number of carbonyl (C=O) groups is 1. The fourth-order valence-corrected chi connectivity index (χ4v) is 1.37. The standard InChI is InChI=1S/C11H18N2O2/c1-8(4-3-5-12)13-11(14)10-6-9(2)15-7-10/h6-8H,3-5,12H2,1-2H3,(H,13,14). The van der Waals surface area contributed by atoms with Crippen molar-refractivity contribution in [3.8, 4) is 0 Å². The molecule has 1 aromatic rings. The highest BCUT2D eigenvalue weighted by molar-refractivity contribution is 5.94. The summed E-state index contributed by atoms with van der Waals surface area (Å²) in [5, 5.41) is 2.89. The van der Waals surface area contributed by atoms with Gasteiger partial charge in [0.2, 0.25) is 0 Å². The summed E-state index contributed by atoms with van der Waals surface area (Å²) in [6, 6.07) is 1.88. The summed E-state index contributed by atoms with van der Waals surface area (Å²) in [5.41, 5.74) is 5.97. The van der Waals surface area contributed by atoms with E-state index in [9.17, 15) is 4.79 Å². The summed E-state index contributed by atoms with van der Waals surface area (Å²) in [7, 11) is 0. The lowest BCUT2D eigenvalue weighted by molar-refractivity contribution is 0.0937. The van der Waals surface area contributed by atoms with Gasteiger partial charge in [0.05, 0.1) is 5.56 Å². The Morgan fingerprint density at radius 3 is 2.93 bits per heavy atom. The second-order valence-corrected chi connectivity index (χ2v) is 3.75. The first-order chi connectivity index (χ1) is 7.13. The molecule has 4 nitrogen and oxygen atoms in total. The Morgan fingerprint density at radius 2 is 2.40 bits per heavy atom. The molecule has 1 atom stereocenters. The van der Waals surface area contributed by atoms with Crippen molar-refractivity contribution in [3.63, 3.8) is 0 Å². The molecule has 1 rings (SSSR count). The predicted molar refractivity (Wildman–Crippen MR) is 58.7 cm³/mol. The molecule has 0 fully saturated rings. The molecule has 15 heavy (non-hydrogen) atoms. The van der Waals surface area contributed by atoms with Crippen LogP contribution in [0.1, 0.15) is 35.9 Å². The Hall–Kier alpha value is -1.29. The van der Waals surface area contributed by atoms with Crippen molar-refractivity contribution in [2.24, 2.45) is 5.73 Å². The summed E-state index contributed by atoms with van der Waals surface area (Å²) in [6.07, 6.45) is 3.30. The zero-order valence-corrected chi connectivity index (χ0v) is 9.25. The van der Waals surface area contributed by atoms with E-state index in [4.69, 9.17) is 10.2 Å². The van der Waals surface area contributed by atoms with Crippen LogP contribution >= 0.6 is 0 Å². The van der Waals surface area contributed by atoms with Crippen LogP contribution in [0.15, 0.2) is 16.7 Å². The Labute approximate surface area is 89.8 Å². The van der Waals surface area contributed by atoms with Crippen LogP contribution in [0, 0.1) is 6.92 Å². The van der Waals surface area contributed by atoms with Gasteiger partial charge in [-0.1, -0.05) is 0 Å². The molecule has 0 spiro atoms. The number of aryl methyl sites for hydroxylation is 1. The van der Waals surface area contributed by atoms with E-state index in [1.165, 1.54) is 6.26 Å². The van der Waals surface area contributed by atoms with E-state index in [2.05, 4.69) is 5.32 Å².